The van der Waals surface area contributed by atoms with Crippen LogP contribution >= 0.6 is 0 Å². The fraction of sp³-hybridized carbons (Fsp3) is 0.409. The molecule has 1 spiro atoms. The molecule has 0 bridgehead atoms. The summed E-state index contributed by atoms with van der Waals surface area (Å²) in [5.74, 6) is 0.359. The molecule has 0 radical (unpaired) electrons. The number of nitrogens with zero attached hydrogens (tertiary/aromatic N) is 1. The van der Waals surface area contributed by atoms with Crippen molar-refractivity contribution >= 4 is 5.91 Å². The maximum absolute atomic E-state index is 13.6. The Morgan fingerprint density at radius 2 is 1.40 bits per heavy atom. The highest BCUT2D eigenvalue weighted by Crippen LogP contribution is 2.43. The molecular weight excluding hydrogens is 308 g/mol. The van der Waals surface area contributed by atoms with Crippen LogP contribution in [0.25, 0.3) is 0 Å². The molecule has 2 aromatic rings. The van der Waals surface area contributed by atoms with E-state index in [0.717, 1.165) is 45.3 Å². The van der Waals surface area contributed by atoms with Crippen LogP contribution in [0.4, 0.5) is 0 Å². The van der Waals surface area contributed by atoms with Gasteiger partial charge in [-0.15, -0.1) is 0 Å². The monoisotopic (exact) mass is 334 g/mol. The van der Waals surface area contributed by atoms with Gasteiger partial charge >= 0.3 is 0 Å². The maximum Gasteiger partial charge on any atom is 0.229 e. The molecule has 0 atom stereocenters. The van der Waals surface area contributed by atoms with Gasteiger partial charge in [0.25, 0.3) is 0 Å². The number of nitrogens with one attached hydrogen (secondary N) is 1. The molecule has 2 aromatic carbocycles. The van der Waals surface area contributed by atoms with Crippen LogP contribution in [0.3, 0.4) is 0 Å². The van der Waals surface area contributed by atoms with E-state index in [-0.39, 0.29) is 11.5 Å². The lowest BCUT2D eigenvalue weighted by Gasteiger charge is -2.47. The summed E-state index contributed by atoms with van der Waals surface area (Å²) in [7, 11) is 0. The Balaban J connectivity index is 1.73. The average Bonchev–Trinajstić information content (AvgIpc) is 2.68. The van der Waals surface area contributed by atoms with Crippen molar-refractivity contribution in [2.24, 2.45) is 5.41 Å². The lowest BCUT2D eigenvalue weighted by molar-refractivity contribution is -0.150. The molecule has 0 aromatic heterocycles. The predicted octanol–water partition coefficient (Wildman–Crippen LogP) is 3.77. The van der Waals surface area contributed by atoms with Crippen molar-refractivity contribution in [2.75, 3.05) is 19.6 Å². The fourth-order valence-corrected chi connectivity index (χ4v) is 4.54. The van der Waals surface area contributed by atoms with Gasteiger partial charge in [-0.25, -0.2) is 0 Å². The van der Waals surface area contributed by atoms with E-state index in [1.807, 2.05) is 12.1 Å². The number of hydrogen-bond donors (Lipinski definition) is 1. The van der Waals surface area contributed by atoms with E-state index in [4.69, 9.17) is 0 Å². The lowest BCUT2D eigenvalue weighted by Crippen LogP contribution is -2.53. The zero-order valence-corrected chi connectivity index (χ0v) is 14.7. The van der Waals surface area contributed by atoms with E-state index < -0.39 is 0 Å². The Morgan fingerprint density at radius 3 is 1.96 bits per heavy atom. The second kappa shape index (κ2) is 7.01. The molecule has 0 unspecified atom stereocenters. The van der Waals surface area contributed by atoms with Crippen LogP contribution in [0.5, 0.6) is 0 Å². The van der Waals surface area contributed by atoms with Gasteiger partial charge in [0, 0.05) is 6.54 Å². The van der Waals surface area contributed by atoms with Crippen LogP contribution in [-0.2, 0) is 4.79 Å². The highest BCUT2D eigenvalue weighted by molar-refractivity contribution is 5.84. The normalized spacial score (nSPS) is 20.2. The molecule has 4 rings (SSSR count). The van der Waals surface area contributed by atoms with Gasteiger partial charge in [0.05, 0.1) is 11.5 Å². The van der Waals surface area contributed by atoms with Gasteiger partial charge in [0.1, 0.15) is 0 Å². The quantitative estimate of drug-likeness (QED) is 0.927. The van der Waals surface area contributed by atoms with E-state index in [9.17, 15) is 4.79 Å². The zero-order valence-electron chi connectivity index (χ0n) is 14.7. The minimum Gasteiger partial charge on any atom is -0.331 e. The number of rotatable bonds is 3. The van der Waals surface area contributed by atoms with Crippen LogP contribution in [0.15, 0.2) is 60.7 Å². The molecule has 1 amide bonds. The molecule has 3 heteroatoms. The topological polar surface area (TPSA) is 32.3 Å². The van der Waals surface area contributed by atoms with Gasteiger partial charge in [0.2, 0.25) is 5.91 Å². The third-order valence-electron chi connectivity index (χ3n) is 5.87. The van der Waals surface area contributed by atoms with Crippen LogP contribution in [0.2, 0.25) is 0 Å². The Hall–Kier alpha value is -2.13. The van der Waals surface area contributed by atoms with Gasteiger partial charge in [-0.1, -0.05) is 60.7 Å². The van der Waals surface area contributed by atoms with E-state index in [1.165, 1.54) is 11.1 Å². The first-order chi connectivity index (χ1) is 12.3. The SMILES string of the molecule is O=C1N(C(c2ccccc2)c2ccccc2)CCCC12CCNCC2. The van der Waals surface area contributed by atoms with Crippen LogP contribution < -0.4 is 5.32 Å². The molecule has 0 saturated carbocycles. The van der Waals surface area contributed by atoms with Gasteiger partial charge in [-0.3, -0.25) is 4.79 Å². The number of hydrogen-bond acceptors (Lipinski definition) is 2. The van der Waals surface area contributed by atoms with E-state index in [0.29, 0.717) is 5.91 Å². The Morgan fingerprint density at radius 1 is 0.840 bits per heavy atom. The largest absolute Gasteiger partial charge is 0.331 e. The molecule has 2 fully saturated rings. The molecule has 2 aliphatic heterocycles. The maximum atomic E-state index is 13.6. The first-order valence-electron chi connectivity index (χ1n) is 9.42. The summed E-state index contributed by atoms with van der Waals surface area (Å²) in [6, 6.07) is 21.0. The first-order valence-corrected chi connectivity index (χ1v) is 9.42. The van der Waals surface area contributed by atoms with Gasteiger partial charge in [-0.2, -0.15) is 0 Å². The van der Waals surface area contributed by atoms with Gasteiger partial charge in [0.15, 0.2) is 0 Å². The summed E-state index contributed by atoms with van der Waals surface area (Å²) >= 11 is 0. The number of carbonyl (C=O) groups excluding carboxylic acids is 1. The van der Waals surface area contributed by atoms with Crippen molar-refractivity contribution in [3.63, 3.8) is 0 Å². The van der Waals surface area contributed by atoms with E-state index in [2.05, 4.69) is 58.7 Å². The smallest absolute Gasteiger partial charge is 0.229 e. The van der Waals surface area contributed by atoms with Crippen LogP contribution in [-0.4, -0.2) is 30.4 Å². The summed E-state index contributed by atoms with van der Waals surface area (Å²) in [6.45, 7) is 2.77. The summed E-state index contributed by atoms with van der Waals surface area (Å²) in [5.41, 5.74) is 2.26. The third-order valence-corrected chi connectivity index (χ3v) is 5.87. The summed E-state index contributed by atoms with van der Waals surface area (Å²) in [6.07, 6.45) is 4.08. The van der Waals surface area contributed by atoms with Gasteiger partial charge in [-0.05, 0) is 49.9 Å². The number of piperidine rings is 2. The van der Waals surface area contributed by atoms with Crippen LogP contribution in [0, 0.1) is 5.41 Å². The van der Waals surface area contributed by atoms with Crippen molar-refractivity contribution in [3.8, 4) is 0 Å². The fourth-order valence-electron chi connectivity index (χ4n) is 4.54. The summed E-state index contributed by atoms with van der Waals surface area (Å²) in [4.78, 5) is 15.7. The number of amides is 1. The molecule has 2 saturated heterocycles. The molecule has 2 aliphatic rings. The minimum absolute atomic E-state index is 0.0157. The van der Waals surface area contributed by atoms with E-state index in [1.54, 1.807) is 0 Å². The number of benzene rings is 2. The first kappa shape index (κ1) is 16.3. The Kier molecular flexibility index (Phi) is 4.58. The van der Waals surface area contributed by atoms with Crippen LogP contribution in [0.1, 0.15) is 42.9 Å². The molecular formula is C22H26N2O. The molecule has 1 N–H and O–H groups in total. The number of likely N-dealkylation sites (tertiary alicyclic amines) is 1. The third kappa shape index (κ3) is 3.09. The summed E-state index contributed by atoms with van der Waals surface area (Å²) < 4.78 is 0. The standard InChI is InChI=1S/C22H26N2O/c25-21-22(13-15-23-16-14-22)12-7-17-24(21)20(18-8-3-1-4-9-18)19-10-5-2-6-11-19/h1-6,8-11,20,23H,7,12-17H2. The highest BCUT2D eigenvalue weighted by Gasteiger charge is 2.46. The molecule has 25 heavy (non-hydrogen) atoms. The van der Waals surface area contributed by atoms with Crippen molar-refractivity contribution < 1.29 is 4.79 Å². The molecule has 2 heterocycles. The van der Waals surface area contributed by atoms with E-state index >= 15 is 0 Å². The van der Waals surface area contributed by atoms with Crippen molar-refractivity contribution in [2.45, 2.75) is 31.7 Å². The lowest BCUT2D eigenvalue weighted by atomic mass is 9.71. The second-order valence-corrected chi connectivity index (χ2v) is 7.36. The molecule has 3 nitrogen and oxygen atoms in total. The predicted molar refractivity (Wildman–Crippen MR) is 100 cm³/mol. The minimum atomic E-state index is -0.148. The summed E-state index contributed by atoms with van der Waals surface area (Å²) in [5, 5.41) is 3.41. The average molecular weight is 334 g/mol. The molecule has 0 aliphatic carbocycles. The van der Waals surface area contributed by atoms with Crippen molar-refractivity contribution in [1.82, 2.24) is 10.2 Å². The second-order valence-electron chi connectivity index (χ2n) is 7.36. The number of carbonyl (C=O) groups is 1. The molecule has 130 valence electrons. The van der Waals surface area contributed by atoms with Crippen molar-refractivity contribution in [3.05, 3.63) is 71.8 Å². The highest BCUT2D eigenvalue weighted by atomic mass is 16.2. The zero-order chi connectivity index (χ0) is 17.1. The van der Waals surface area contributed by atoms with Crippen molar-refractivity contribution in [1.29, 1.82) is 0 Å². The van der Waals surface area contributed by atoms with Gasteiger partial charge < -0.3 is 10.2 Å². The Bertz CT molecular complexity index is 662. The Labute approximate surface area is 150 Å².